The number of nitrogens with one attached hydrogen (secondary N) is 1. The molecular formula is C33H34N4O7. The number of carbonyl (C=O) groups excluding carboxylic acids is 3. The lowest BCUT2D eigenvalue weighted by atomic mass is 10.0. The molecule has 2 amide bonds. The van der Waals surface area contributed by atoms with E-state index in [1.807, 2.05) is 45.0 Å². The summed E-state index contributed by atoms with van der Waals surface area (Å²) < 4.78 is 22.7. The Morgan fingerprint density at radius 1 is 1.11 bits per heavy atom. The van der Waals surface area contributed by atoms with Gasteiger partial charge < -0.3 is 34.9 Å². The molecule has 2 aliphatic heterocycles. The van der Waals surface area contributed by atoms with Gasteiger partial charge in [-0.3, -0.25) is 19.4 Å². The summed E-state index contributed by atoms with van der Waals surface area (Å²) in [6.07, 6.45) is 1.47. The minimum Gasteiger partial charge on any atom is -0.489 e. The quantitative estimate of drug-likeness (QED) is 0.310. The molecule has 0 unspecified atom stereocenters. The second kappa shape index (κ2) is 12.8. The third-order valence-corrected chi connectivity index (χ3v) is 7.27. The van der Waals surface area contributed by atoms with Crippen molar-refractivity contribution in [3.05, 3.63) is 77.6 Å². The van der Waals surface area contributed by atoms with Gasteiger partial charge in [0.25, 0.3) is 11.8 Å². The van der Waals surface area contributed by atoms with Gasteiger partial charge in [-0.15, -0.1) is 0 Å². The van der Waals surface area contributed by atoms with Crippen molar-refractivity contribution in [1.29, 1.82) is 0 Å². The predicted octanol–water partition coefficient (Wildman–Crippen LogP) is 2.98. The summed E-state index contributed by atoms with van der Waals surface area (Å²) >= 11 is 0. The molecule has 1 fully saturated rings. The molecule has 44 heavy (non-hydrogen) atoms. The maximum Gasteiger partial charge on any atom is 0.324 e. The number of pyridine rings is 1. The molecule has 11 heteroatoms. The molecule has 11 nitrogen and oxygen atoms in total. The van der Waals surface area contributed by atoms with Gasteiger partial charge in [0.1, 0.15) is 54.8 Å². The van der Waals surface area contributed by atoms with E-state index in [2.05, 4.69) is 22.1 Å². The minimum atomic E-state index is -1.08. The molecule has 3 N–H and O–H groups in total. The van der Waals surface area contributed by atoms with Gasteiger partial charge in [-0.2, -0.15) is 0 Å². The first-order chi connectivity index (χ1) is 21.0. The van der Waals surface area contributed by atoms with Gasteiger partial charge in [0.15, 0.2) is 0 Å². The SMILES string of the molecule is Cc1ccc(Oc2ccnc(C(=O)N[C@H]3COc4ccc(C#CC5(OC(=O)[C@@H](N)C(C)C)COC5)cc4N(C)C3=O)c2)cc1. The van der Waals surface area contributed by atoms with Crippen LogP contribution < -0.4 is 25.4 Å². The summed E-state index contributed by atoms with van der Waals surface area (Å²) in [6, 6.07) is 14.1. The Kier molecular flexibility index (Phi) is 8.85. The number of nitrogens with zero attached hydrogens (tertiary/aromatic N) is 2. The number of aromatic nitrogens is 1. The smallest absolute Gasteiger partial charge is 0.324 e. The van der Waals surface area contributed by atoms with E-state index in [9.17, 15) is 14.4 Å². The molecule has 2 aromatic carbocycles. The molecule has 5 rings (SSSR count). The first-order valence-corrected chi connectivity index (χ1v) is 14.2. The fraction of sp³-hybridized carbons (Fsp3) is 0.333. The number of amides is 2. The van der Waals surface area contributed by atoms with Gasteiger partial charge in [0, 0.05) is 24.9 Å². The normalized spacial score (nSPS) is 17.5. The Hall–Kier alpha value is -4.92. The molecule has 3 heterocycles. The Bertz CT molecular complexity index is 1620. The highest BCUT2D eigenvalue weighted by Gasteiger charge is 2.42. The van der Waals surface area contributed by atoms with Crippen LogP contribution in [0.15, 0.2) is 60.8 Å². The van der Waals surface area contributed by atoms with Gasteiger partial charge >= 0.3 is 5.97 Å². The maximum atomic E-state index is 13.4. The zero-order valence-electron chi connectivity index (χ0n) is 25.0. The van der Waals surface area contributed by atoms with Crippen molar-refractivity contribution in [2.24, 2.45) is 11.7 Å². The molecule has 1 aromatic heterocycles. The van der Waals surface area contributed by atoms with Crippen molar-refractivity contribution in [1.82, 2.24) is 10.3 Å². The first-order valence-electron chi connectivity index (χ1n) is 14.2. The zero-order valence-corrected chi connectivity index (χ0v) is 25.0. The number of nitrogens with two attached hydrogens (primary N) is 1. The van der Waals surface area contributed by atoms with Gasteiger partial charge in [0.05, 0.1) is 5.69 Å². The molecule has 3 aromatic rings. The molecule has 1 saturated heterocycles. The standard InChI is InChI=1S/C33H34N4O7/c1-20(2)29(34)32(40)44-33(18-41-19-33)13-11-22-7-10-28-27(15-22)37(4)31(39)26(17-42-28)36-30(38)25-16-24(12-14-35-25)43-23-8-5-21(3)6-9-23/h5-10,12,14-16,20,26,29H,17-19,34H2,1-4H3,(H,36,38)/t26-,29-/m0/s1. The Labute approximate surface area is 255 Å². The third-order valence-electron chi connectivity index (χ3n) is 7.27. The first kappa shape index (κ1) is 30.5. The summed E-state index contributed by atoms with van der Waals surface area (Å²) in [4.78, 5) is 44.5. The van der Waals surface area contributed by atoms with E-state index < -0.39 is 29.6 Å². The van der Waals surface area contributed by atoms with Gasteiger partial charge in [0.2, 0.25) is 5.60 Å². The average Bonchev–Trinajstić information content (AvgIpc) is 3.11. The van der Waals surface area contributed by atoms with Crippen LogP contribution in [0.1, 0.15) is 35.5 Å². The average molecular weight is 599 g/mol. The number of anilines is 1. The van der Waals surface area contributed by atoms with Crippen LogP contribution in [0.2, 0.25) is 0 Å². The number of ether oxygens (including phenoxy) is 4. The monoisotopic (exact) mass is 598 g/mol. The van der Waals surface area contributed by atoms with Crippen LogP contribution in [0.3, 0.4) is 0 Å². The minimum absolute atomic E-state index is 0.0840. The van der Waals surface area contributed by atoms with Crippen LogP contribution in [0.5, 0.6) is 17.2 Å². The summed E-state index contributed by atoms with van der Waals surface area (Å²) in [6.45, 7) is 5.85. The highest BCUT2D eigenvalue weighted by Crippen LogP contribution is 2.32. The van der Waals surface area contributed by atoms with E-state index in [-0.39, 0.29) is 37.3 Å². The zero-order chi connectivity index (χ0) is 31.4. The van der Waals surface area contributed by atoms with Crippen LogP contribution in [0.25, 0.3) is 0 Å². The second-order valence-electron chi connectivity index (χ2n) is 11.1. The molecule has 0 aliphatic carbocycles. The Morgan fingerprint density at radius 2 is 1.86 bits per heavy atom. The third kappa shape index (κ3) is 6.83. The van der Waals surface area contributed by atoms with Crippen molar-refractivity contribution < 1.29 is 33.3 Å². The molecule has 2 aliphatic rings. The molecule has 0 saturated carbocycles. The van der Waals surface area contributed by atoms with E-state index in [4.69, 9.17) is 24.7 Å². The predicted molar refractivity (Wildman–Crippen MR) is 161 cm³/mol. The van der Waals surface area contributed by atoms with Crippen molar-refractivity contribution in [2.45, 2.75) is 38.5 Å². The van der Waals surface area contributed by atoms with Crippen molar-refractivity contribution >= 4 is 23.5 Å². The summed E-state index contributed by atoms with van der Waals surface area (Å²) in [5.74, 6) is 5.99. The van der Waals surface area contributed by atoms with E-state index in [1.165, 1.54) is 17.2 Å². The fourth-order valence-electron chi connectivity index (χ4n) is 4.42. The number of aryl methyl sites for hydroxylation is 1. The number of esters is 1. The van der Waals surface area contributed by atoms with Crippen LogP contribution in [-0.4, -0.2) is 67.3 Å². The molecule has 2 atom stereocenters. The van der Waals surface area contributed by atoms with Crippen LogP contribution in [-0.2, 0) is 19.1 Å². The lowest BCUT2D eigenvalue weighted by molar-refractivity contribution is -0.194. The van der Waals surface area contributed by atoms with E-state index in [0.717, 1.165) is 5.56 Å². The second-order valence-corrected chi connectivity index (χ2v) is 11.1. The molecule has 228 valence electrons. The number of hydrogen-bond acceptors (Lipinski definition) is 9. The van der Waals surface area contributed by atoms with Gasteiger partial charge in [-0.1, -0.05) is 37.5 Å². The number of likely N-dealkylation sites (N-methyl/N-ethyl adjacent to an activating group) is 1. The number of benzene rings is 2. The van der Waals surface area contributed by atoms with E-state index in [0.29, 0.717) is 28.5 Å². The molecule has 0 spiro atoms. The van der Waals surface area contributed by atoms with Crippen LogP contribution >= 0.6 is 0 Å². The Morgan fingerprint density at radius 3 is 2.55 bits per heavy atom. The number of carbonyl (C=O) groups is 3. The van der Waals surface area contributed by atoms with Crippen LogP contribution in [0, 0.1) is 24.7 Å². The van der Waals surface area contributed by atoms with Crippen molar-refractivity contribution in [3.63, 3.8) is 0 Å². The Balaban J connectivity index is 1.27. The maximum absolute atomic E-state index is 13.4. The highest BCUT2D eigenvalue weighted by atomic mass is 16.6. The lowest BCUT2D eigenvalue weighted by Crippen LogP contribution is -2.54. The number of fused-ring (bicyclic) bond motifs is 1. The van der Waals surface area contributed by atoms with Gasteiger partial charge in [-0.05, 0) is 55.2 Å². The number of rotatable bonds is 7. The lowest BCUT2D eigenvalue weighted by Gasteiger charge is -2.37. The number of hydrogen-bond donors (Lipinski definition) is 2. The van der Waals surface area contributed by atoms with Crippen molar-refractivity contribution in [3.8, 4) is 29.1 Å². The van der Waals surface area contributed by atoms with Gasteiger partial charge in [-0.25, -0.2) is 0 Å². The van der Waals surface area contributed by atoms with Crippen LogP contribution in [0.4, 0.5) is 5.69 Å². The summed E-state index contributed by atoms with van der Waals surface area (Å²) in [5.41, 5.74) is 7.09. The summed E-state index contributed by atoms with van der Waals surface area (Å²) in [7, 11) is 1.59. The summed E-state index contributed by atoms with van der Waals surface area (Å²) in [5, 5.41) is 2.72. The molecule has 0 bridgehead atoms. The van der Waals surface area contributed by atoms with E-state index >= 15 is 0 Å². The largest absolute Gasteiger partial charge is 0.489 e. The topological polar surface area (TPSA) is 142 Å². The van der Waals surface area contributed by atoms with E-state index in [1.54, 1.807) is 31.3 Å². The van der Waals surface area contributed by atoms with Crippen molar-refractivity contribution in [2.75, 3.05) is 31.8 Å². The fourth-order valence-corrected chi connectivity index (χ4v) is 4.42. The molecule has 0 radical (unpaired) electrons. The molecular weight excluding hydrogens is 564 g/mol. The highest BCUT2D eigenvalue weighted by molar-refractivity contribution is 6.03.